The number of hydrogen-bond donors (Lipinski definition) is 2. The molecule has 0 heterocycles. The van der Waals surface area contributed by atoms with E-state index in [9.17, 15) is 0 Å². The molecule has 0 aliphatic carbocycles. The van der Waals surface area contributed by atoms with E-state index in [2.05, 4.69) is 48.3 Å². The minimum atomic E-state index is 0. The number of unbranched alkanes of at least 4 members (excludes halogenated alkanes) is 1. The average Bonchev–Trinajstić information content (AvgIpc) is 2.29. The molecule has 0 aromatic rings. The van der Waals surface area contributed by atoms with Gasteiger partial charge < -0.3 is 15.5 Å². The van der Waals surface area contributed by atoms with Crippen LogP contribution in [0.5, 0.6) is 0 Å². The molecule has 0 unspecified atom stereocenters. The summed E-state index contributed by atoms with van der Waals surface area (Å²) in [7, 11) is 2.13. The smallest absolute Gasteiger partial charge is 0.191 e. The van der Waals surface area contributed by atoms with Gasteiger partial charge in [0.1, 0.15) is 0 Å². The fourth-order valence-electron chi connectivity index (χ4n) is 1.21. The number of nitrogens with zero attached hydrogens (tertiary/aromatic N) is 2. The second kappa shape index (κ2) is 14.0. The first-order valence-corrected chi connectivity index (χ1v) is 6.45. The second-order valence-electron chi connectivity index (χ2n) is 3.94. The lowest BCUT2D eigenvalue weighted by molar-refractivity contribution is 0.357. The summed E-state index contributed by atoms with van der Waals surface area (Å²) in [4.78, 5) is 6.78. The first-order valence-electron chi connectivity index (χ1n) is 6.45. The van der Waals surface area contributed by atoms with Gasteiger partial charge in [-0.1, -0.05) is 20.3 Å². The Labute approximate surface area is 124 Å². The molecule has 0 fully saturated rings. The summed E-state index contributed by atoms with van der Waals surface area (Å²) in [5.41, 5.74) is 0. The number of nitrogens with one attached hydrogen (secondary N) is 2. The highest BCUT2D eigenvalue weighted by atomic mass is 127. The highest BCUT2D eigenvalue weighted by Gasteiger charge is 1.97. The van der Waals surface area contributed by atoms with E-state index in [0.717, 1.165) is 45.1 Å². The molecule has 0 aliphatic heterocycles. The average molecular weight is 356 g/mol. The van der Waals surface area contributed by atoms with Crippen LogP contribution < -0.4 is 10.6 Å². The van der Waals surface area contributed by atoms with Crippen LogP contribution in [-0.2, 0) is 0 Å². The Bertz CT molecular complexity index is 185. The van der Waals surface area contributed by atoms with Gasteiger partial charge in [-0.25, -0.2) is 0 Å². The summed E-state index contributed by atoms with van der Waals surface area (Å²) in [5, 5.41) is 6.60. The zero-order valence-corrected chi connectivity index (χ0v) is 14.1. The summed E-state index contributed by atoms with van der Waals surface area (Å²) in [6, 6.07) is 0. The SMILES string of the molecule is CCCCN=C(NCC)NCCN(C)CC.I. The van der Waals surface area contributed by atoms with Gasteiger partial charge in [0, 0.05) is 26.2 Å². The van der Waals surface area contributed by atoms with E-state index in [1.54, 1.807) is 0 Å². The molecule has 0 spiro atoms. The van der Waals surface area contributed by atoms with E-state index in [4.69, 9.17) is 0 Å². The van der Waals surface area contributed by atoms with Crippen molar-refractivity contribution < 1.29 is 0 Å². The van der Waals surface area contributed by atoms with E-state index in [-0.39, 0.29) is 24.0 Å². The fraction of sp³-hybridized carbons (Fsp3) is 0.917. The van der Waals surface area contributed by atoms with E-state index in [1.165, 1.54) is 6.42 Å². The Morgan fingerprint density at radius 3 is 2.41 bits per heavy atom. The number of likely N-dealkylation sites (N-methyl/N-ethyl adjacent to an activating group) is 1. The van der Waals surface area contributed by atoms with Crippen molar-refractivity contribution in [1.29, 1.82) is 0 Å². The van der Waals surface area contributed by atoms with Crippen LogP contribution in [0.2, 0.25) is 0 Å². The molecule has 0 saturated heterocycles. The lowest BCUT2D eigenvalue weighted by atomic mass is 10.3. The topological polar surface area (TPSA) is 39.7 Å². The van der Waals surface area contributed by atoms with Crippen molar-refractivity contribution in [3.8, 4) is 0 Å². The zero-order chi connectivity index (χ0) is 12.2. The van der Waals surface area contributed by atoms with Gasteiger partial charge in [0.05, 0.1) is 0 Å². The molecule has 0 amide bonds. The zero-order valence-electron chi connectivity index (χ0n) is 11.8. The molecular weight excluding hydrogens is 327 g/mol. The van der Waals surface area contributed by atoms with Crippen molar-refractivity contribution in [2.75, 3.05) is 39.8 Å². The summed E-state index contributed by atoms with van der Waals surface area (Å²) in [6.07, 6.45) is 2.35. The van der Waals surface area contributed by atoms with Crippen LogP contribution in [0.25, 0.3) is 0 Å². The van der Waals surface area contributed by atoms with Gasteiger partial charge in [0.2, 0.25) is 0 Å². The monoisotopic (exact) mass is 356 g/mol. The Kier molecular flexibility index (Phi) is 15.9. The predicted molar refractivity (Wildman–Crippen MR) is 87.5 cm³/mol. The van der Waals surface area contributed by atoms with Crippen molar-refractivity contribution in [2.45, 2.75) is 33.6 Å². The summed E-state index contributed by atoms with van der Waals surface area (Å²) < 4.78 is 0. The van der Waals surface area contributed by atoms with Crippen LogP contribution >= 0.6 is 24.0 Å². The first kappa shape index (κ1) is 19.3. The molecule has 0 atom stereocenters. The van der Waals surface area contributed by atoms with Gasteiger partial charge in [0.25, 0.3) is 0 Å². The minimum Gasteiger partial charge on any atom is -0.357 e. The number of rotatable bonds is 8. The molecule has 17 heavy (non-hydrogen) atoms. The molecule has 0 rings (SSSR count). The van der Waals surface area contributed by atoms with Crippen molar-refractivity contribution in [1.82, 2.24) is 15.5 Å². The molecule has 4 nitrogen and oxygen atoms in total. The highest BCUT2D eigenvalue weighted by Crippen LogP contribution is 1.86. The molecule has 0 radical (unpaired) electrons. The number of guanidine groups is 1. The van der Waals surface area contributed by atoms with Gasteiger partial charge in [-0.2, -0.15) is 0 Å². The second-order valence-corrected chi connectivity index (χ2v) is 3.94. The quantitative estimate of drug-likeness (QED) is 0.302. The number of halogens is 1. The molecule has 2 N–H and O–H groups in total. The minimum absolute atomic E-state index is 0. The van der Waals surface area contributed by atoms with Gasteiger partial charge >= 0.3 is 0 Å². The molecule has 0 bridgehead atoms. The Hall–Kier alpha value is -0.0400. The maximum atomic E-state index is 4.50. The summed E-state index contributed by atoms with van der Waals surface area (Å²) >= 11 is 0. The molecule has 0 saturated carbocycles. The standard InChI is InChI=1S/C12H28N4.HI/c1-5-8-9-14-12(13-6-2)15-10-11-16(4)7-3;/h5-11H2,1-4H3,(H2,13,14,15);1H. The van der Waals surface area contributed by atoms with Crippen LogP contribution in [0, 0.1) is 0 Å². The fourth-order valence-corrected chi connectivity index (χ4v) is 1.21. The van der Waals surface area contributed by atoms with E-state index in [0.29, 0.717) is 0 Å². The lowest BCUT2D eigenvalue weighted by Gasteiger charge is -2.16. The summed E-state index contributed by atoms with van der Waals surface area (Å²) in [5.74, 6) is 0.945. The van der Waals surface area contributed by atoms with E-state index >= 15 is 0 Å². The van der Waals surface area contributed by atoms with Gasteiger partial charge in [0.15, 0.2) is 5.96 Å². The van der Waals surface area contributed by atoms with Crippen LogP contribution in [0.1, 0.15) is 33.6 Å². The number of aliphatic imine (C=N–C) groups is 1. The third-order valence-corrected chi connectivity index (χ3v) is 2.45. The van der Waals surface area contributed by atoms with E-state index in [1.807, 2.05) is 0 Å². The van der Waals surface area contributed by atoms with Crippen LogP contribution in [0.3, 0.4) is 0 Å². The number of hydrogen-bond acceptors (Lipinski definition) is 2. The maximum Gasteiger partial charge on any atom is 0.191 e. The highest BCUT2D eigenvalue weighted by molar-refractivity contribution is 14.0. The van der Waals surface area contributed by atoms with Crippen LogP contribution in [-0.4, -0.2) is 50.6 Å². The Morgan fingerprint density at radius 2 is 1.88 bits per heavy atom. The summed E-state index contributed by atoms with van der Waals surface area (Å²) in [6.45, 7) is 11.4. The maximum absolute atomic E-state index is 4.50. The third-order valence-electron chi connectivity index (χ3n) is 2.45. The predicted octanol–water partition coefficient (Wildman–Crippen LogP) is 1.91. The van der Waals surface area contributed by atoms with Gasteiger partial charge in [-0.05, 0) is 26.9 Å². The largest absolute Gasteiger partial charge is 0.357 e. The first-order chi connectivity index (χ1) is 7.74. The van der Waals surface area contributed by atoms with Crippen molar-refractivity contribution in [2.24, 2.45) is 4.99 Å². The Balaban J connectivity index is 0. The molecule has 0 aromatic heterocycles. The normalized spacial score (nSPS) is 11.2. The van der Waals surface area contributed by atoms with Crippen LogP contribution in [0.15, 0.2) is 4.99 Å². The van der Waals surface area contributed by atoms with Gasteiger partial charge in [-0.15, -0.1) is 24.0 Å². The molecule has 104 valence electrons. The van der Waals surface area contributed by atoms with Crippen LogP contribution in [0.4, 0.5) is 0 Å². The van der Waals surface area contributed by atoms with Crippen molar-refractivity contribution >= 4 is 29.9 Å². The lowest BCUT2D eigenvalue weighted by Crippen LogP contribution is -2.41. The van der Waals surface area contributed by atoms with Gasteiger partial charge in [-0.3, -0.25) is 4.99 Å². The van der Waals surface area contributed by atoms with Crippen molar-refractivity contribution in [3.05, 3.63) is 0 Å². The molecule has 0 aliphatic rings. The third kappa shape index (κ3) is 12.2. The molecular formula is C12H29IN4. The Morgan fingerprint density at radius 1 is 1.18 bits per heavy atom. The molecule has 0 aromatic carbocycles. The molecule has 5 heteroatoms. The van der Waals surface area contributed by atoms with E-state index < -0.39 is 0 Å². The van der Waals surface area contributed by atoms with Crippen molar-refractivity contribution in [3.63, 3.8) is 0 Å².